The third kappa shape index (κ3) is 1.50. The van der Waals surface area contributed by atoms with E-state index in [0.29, 0.717) is 21.7 Å². The Morgan fingerprint density at radius 1 is 0.720 bits per heavy atom. The number of Topliss-reactive ketones (excluding diaryl/α,β-unsaturated/α-hetero) is 1. The van der Waals surface area contributed by atoms with E-state index in [0.717, 1.165) is 28.5 Å². The fourth-order valence-corrected chi connectivity index (χ4v) is 4.97. The molecular weight excluding hydrogens is 318 g/mol. The van der Waals surface area contributed by atoms with Gasteiger partial charge in [-0.3, -0.25) is 4.79 Å². The van der Waals surface area contributed by atoms with Crippen molar-refractivity contribution in [3.8, 4) is 0 Å². The molecule has 0 aromatic heterocycles. The summed E-state index contributed by atoms with van der Waals surface area (Å²) in [6.45, 7) is 0. The Bertz CT molecular complexity index is 1220. The summed E-state index contributed by atoms with van der Waals surface area (Å²) in [6, 6.07) is 9.03. The number of allylic oxidation sites excluding steroid dienone is 4. The van der Waals surface area contributed by atoms with Gasteiger partial charge in [-0.1, -0.05) is 24.3 Å². The number of hydrogen-bond acceptors (Lipinski definition) is 1. The van der Waals surface area contributed by atoms with E-state index in [-0.39, 0.29) is 29.3 Å². The monoisotopic (exact) mass is 330 g/mol. The van der Waals surface area contributed by atoms with E-state index in [1.54, 1.807) is 12.1 Å². The summed E-state index contributed by atoms with van der Waals surface area (Å²) in [5.74, 6) is -0.234. The van der Waals surface area contributed by atoms with Crippen LogP contribution in [0.15, 0.2) is 54.1 Å². The fraction of sp³-hybridized carbons (Fsp3) is 0.136. The van der Waals surface area contributed by atoms with Crippen LogP contribution in [-0.2, 0) is 0 Å². The van der Waals surface area contributed by atoms with Crippen molar-refractivity contribution in [1.82, 2.24) is 0 Å². The van der Waals surface area contributed by atoms with Gasteiger partial charge in [0.15, 0.2) is 5.78 Å². The maximum absolute atomic E-state index is 13.9. The first kappa shape index (κ1) is 13.5. The highest BCUT2D eigenvalue weighted by atomic mass is 19.1. The maximum atomic E-state index is 13.9. The van der Waals surface area contributed by atoms with Gasteiger partial charge in [-0.05, 0) is 63.4 Å². The summed E-state index contributed by atoms with van der Waals surface area (Å²) in [7, 11) is 0. The summed E-state index contributed by atoms with van der Waals surface area (Å²) in [5.41, 5.74) is 3.60. The van der Waals surface area contributed by atoms with E-state index < -0.39 is 0 Å². The van der Waals surface area contributed by atoms with Crippen molar-refractivity contribution in [3.63, 3.8) is 0 Å². The Morgan fingerprint density at radius 2 is 1.28 bits per heavy atom. The van der Waals surface area contributed by atoms with E-state index in [1.165, 1.54) is 24.3 Å². The molecule has 3 aromatic rings. The SMILES string of the molecule is O=C1C2=C(c3c1c1ccc(F)cc1c1cc(F)ccc31)C1C=CC2C1. The van der Waals surface area contributed by atoms with E-state index >= 15 is 0 Å². The molecule has 0 amide bonds. The average Bonchev–Trinajstić information content (AvgIpc) is 3.28. The number of carbonyl (C=O) groups excluding carboxylic acids is 1. The Labute approximate surface area is 142 Å². The molecule has 3 aliphatic carbocycles. The number of hydrogen-bond donors (Lipinski definition) is 0. The molecule has 3 aromatic carbocycles. The van der Waals surface area contributed by atoms with Gasteiger partial charge in [0, 0.05) is 23.0 Å². The molecule has 3 aliphatic rings. The topological polar surface area (TPSA) is 17.1 Å². The van der Waals surface area contributed by atoms with Crippen molar-refractivity contribution in [2.75, 3.05) is 0 Å². The Morgan fingerprint density at radius 3 is 1.92 bits per heavy atom. The van der Waals surface area contributed by atoms with Crippen LogP contribution in [0.3, 0.4) is 0 Å². The van der Waals surface area contributed by atoms with Crippen LogP contribution in [0.1, 0.15) is 22.3 Å². The molecule has 0 spiro atoms. The van der Waals surface area contributed by atoms with Crippen LogP contribution >= 0.6 is 0 Å². The molecule has 6 rings (SSSR count). The maximum Gasteiger partial charge on any atom is 0.191 e. The van der Waals surface area contributed by atoms with E-state index in [2.05, 4.69) is 12.2 Å². The molecule has 0 aliphatic heterocycles. The highest BCUT2D eigenvalue weighted by molar-refractivity contribution is 6.33. The zero-order chi connectivity index (χ0) is 16.9. The average molecular weight is 330 g/mol. The fourth-order valence-electron chi connectivity index (χ4n) is 4.97. The van der Waals surface area contributed by atoms with Crippen molar-refractivity contribution in [3.05, 3.63) is 76.9 Å². The predicted molar refractivity (Wildman–Crippen MR) is 93.4 cm³/mol. The number of ketones is 1. The van der Waals surface area contributed by atoms with Gasteiger partial charge in [0.05, 0.1) is 0 Å². The number of halogens is 2. The molecule has 0 heterocycles. The number of carbonyl (C=O) groups is 1. The van der Waals surface area contributed by atoms with Crippen LogP contribution in [0, 0.1) is 23.5 Å². The van der Waals surface area contributed by atoms with Crippen molar-refractivity contribution in [1.29, 1.82) is 0 Å². The van der Waals surface area contributed by atoms with Gasteiger partial charge in [0.1, 0.15) is 11.6 Å². The molecule has 1 nitrogen and oxygen atoms in total. The normalized spacial score (nSPS) is 23.2. The predicted octanol–water partition coefficient (Wildman–Crippen LogP) is 5.43. The Balaban J connectivity index is 1.85. The molecule has 0 N–H and O–H groups in total. The standard InChI is InChI=1S/C22H12F2O/c23-12-3-5-14-16(8-12)17-9-13(24)4-6-15(17)21-20(14)18-10-1-2-11(7-10)19(18)22(21)25/h1-6,8-11H,7H2. The molecule has 3 heteroatoms. The molecule has 0 saturated carbocycles. The number of fused-ring (bicyclic) bond motifs is 11. The lowest BCUT2D eigenvalue weighted by Crippen LogP contribution is -2.06. The van der Waals surface area contributed by atoms with Gasteiger partial charge in [-0.2, -0.15) is 0 Å². The lowest BCUT2D eigenvalue weighted by Gasteiger charge is -2.16. The zero-order valence-electron chi connectivity index (χ0n) is 13.1. The summed E-state index contributed by atoms with van der Waals surface area (Å²) in [5, 5.41) is 2.83. The Kier molecular flexibility index (Phi) is 2.28. The molecule has 0 fully saturated rings. The second-order valence-corrected chi connectivity index (χ2v) is 7.12. The van der Waals surface area contributed by atoms with E-state index in [1.807, 2.05) is 0 Å². The molecule has 2 unspecified atom stereocenters. The van der Waals surface area contributed by atoms with Gasteiger partial charge in [0.25, 0.3) is 0 Å². The summed E-state index contributed by atoms with van der Waals surface area (Å²) >= 11 is 0. The summed E-state index contributed by atoms with van der Waals surface area (Å²) in [6.07, 6.45) is 5.26. The molecule has 0 saturated heterocycles. The second-order valence-electron chi connectivity index (χ2n) is 7.12. The van der Waals surface area contributed by atoms with Crippen molar-refractivity contribution >= 4 is 32.9 Å². The van der Waals surface area contributed by atoms with Crippen molar-refractivity contribution < 1.29 is 13.6 Å². The molecule has 25 heavy (non-hydrogen) atoms. The van der Waals surface area contributed by atoms with Gasteiger partial charge in [-0.25, -0.2) is 8.78 Å². The largest absolute Gasteiger partial charge is 0.289 e. The number of benzene rings is 3. The highest BCUT2D eigenvalue weighted by Crippen LogP contribution is 2.56. The lowest BCUT2D eigenvalue weighted by atomic mass is 9.87. The first-order chi connectivity index (χ1) is 12.1. The van der Waals surface area contributed by atoms with Gasteiger partial charge < -0.3 is 0 Å². The zero-order valence-corrected chi connectivity index (χ0v) is 13.1. The third-order valence-corrected chi connectivity index (χ3v) is 5.90. The molecule has 0 radical (unpaired) electrons. The molecule has 2 atom stereocenters. The van der Waals surface area contributed by atoms with E-state index in [4.69, 9.17) is 0 Å². The first-order valence-corrected chi connectivity index (χ1v) is 8.45. The summed E-state index contributed by atoms with van der Waals surface area (Å²) < 4.78 is 27.8. The number of rotatable bonds is 0. The molecule has 2 bridgehead atoms. The second kappa shape index (κ2) is 4.23. The van der Waals surface area contributed by atoms with Gasteiger partial charge >= 0.3 is 0 Å². The van der Waals surface area contributed by atoms with Crippen LogP contribution < -0.4 is 0 Å². The minimum atomic E-state index is -0.384. The van der Waals surface area contributed by atoms with Gasteiger partial charge in [0.2, 0.25) is 0 Å². The van der Waals surface area contributed by atoms with Crippen LogP contribution in [0.25, 0.3) is 27.1 Å². The molecule has 120 valence electrons. The third-order valence-electron chi connectivity index (χ3n) is 5.90. The lowest BCUT2D eigenvalue weighted by molar-refractivity contribution is 0.103. The van der Waals surface area contributed by atoms with Crippen LogP contribution in [-0.4, -0.2) is 5.78 Å². The van der Waals surface area contributed by atoms with Crippen molar-refractivity contribution in [2.45, 2.75) is 6.42 Å². The first-order valence-electron chi connectivity index (χ1n) is 8.45. The Hall–Kier alpha value is -2.81. The highest BCUT2D eigenvalue weighted by Gasteiger charge is 2.46. The van der Waals surface area contributed by atoms with Crippen LogP contribution in [0.5, 0.6) is 0 Å². The van der Waals surface area contributed by atoms with Gasteiger partial charge in [-0.15, -0.1) is 0 Å². The van der Waals surface area contributed by atoms with Crippen molar-refractivity contribution in [2.24, 2.45) is 11.8 Å². The summed E-state index contributed by atoms with van der Waals surface area (Å²) in [4.78, 5) is 13.2. The quantitative estimate of drug-likeness (QED) is 0.397. The van der Waals surface area contributed by atoms with E-state index in [9.17, 15) is 13.6 Å². The minimum absolute atomic E-state index is 0.0599. The molecular formula is C22H12F2O. The smallest absolute Gasteiger partial charge is 0.191 e. The van der Waals surface area contributed by atoms with Crippen LogP contribution in [0.4, 0.5) is 8.78 Å². The van der Waals surface area contributed by atoms with Crippen LogP contribution in [0.2, 0.25) is 0 Å². The minimum Gasteiger partial charge on any atom is -0.289 e.